The summed E-state index contributed by atoms with van der Waals surface area (Å²) in [5.74, 6) is -3.01. The van der Waals surface area contributed by atoms with Crippen molar-refractivity contribution in [2.45, 2.75) is 0 Å². The molecule has 1 aromatic rings. The highest BCUT2D eigenvalue weighted by molar-refractivity contribution is 6.08. The highest BCUT2D eigenvalue weighted by Gasteiger charge is 2.13. The number of carbonyl (C=O) groups is 2. The second-order valence-corrected chi connectivity index (χ2v) is 2.76. The zero-order valence-corrected chi connectivity index (χ0v) is 7.95. The van der Waals surface area contributed by atoms with Crippen LogP contribution < -0.4 is 9.67 Å². The summed E-state index contributed by atoms with van der Waals surface area (Å²) < 4.78 is 1.05. The smallest absolute Gasteiger partial charge is 0.335 e. The van der Waals surface area contributed by atoms with Gasteiger partial charge < -0.3 is 15.0 Å². The molecule has 1 N–H and O–H groups in total. The van der Waals surface area contributed by atoms with Gasteiger partial charge in [0.1, 0.15) is 5.97 Å². The SMILES string of the molecule is N#Cc1cc[n+](/C(=C\C(=O)O)C(=O)[O-])cc1. The molecule has 0 radical (unpaired) electrons. The minimum Gasteiger partial charge on any atom is -0.539 e. The standard InChI is InChI=1S/C10H6N2O4/c11-6-7-1-3-12(4-2-7)8(10(15)16)5-9(13)14/h1-5H,(H-,13,14,15,16)/b8-5-. The van der Waals surface area contributed by atoms with E-state index in [0.29, 0.717) is 11.6 Å². The summed E-state index contributed by atoms with van der Waals surface area (Å²) in [4.78, 5) is 21.0. The summed E-state index contributed by atoms with van der Waals surface area (Å²) in [5.41, 5.74) is -0.179. The van der Waals surface area contributed by atoms with Gasteiger partial charge in [-0.25, -0.2) is 4.79 Å². The summed E-state index contributed by atoms with van der Waals surface area (Å²) in [5, 5.41) is 27.6. The van der Waals surface area contributed by atoms with Crippen molar-refractivity contribution in [1.29, 1.82) is 5.26 Å². The van der Waals surface area contributed by atoms with Gasteiger partial charge in [0, 0.05) is 12.1 Å². The number of nitriles is 1. The minimum absolute atomic E-state index is 0.337. The third-order valence-electron chi connectivity index (χ3n) is 1.71. The normalized spacial score (nSPS) is 10.6. The number of nitrogens with zero attached hydrogens (tertiary/aromatic N) is 2. The van der Waals surface area contributed by atoms with Crippen molar-refractivity contribution in [1.82, 2.24) is 0 Å². The van der Waals surface area contributed by atoms with Crippen molar-refractivity contribution in [3.8, 4) is 6.07 Å². The van der Waals surface area contributed by atoms with Crippen molar-refractivity contribution in [3.63, 3.8) is 0 Å². The van der Waals surface area contributed by atoms with Crippen LogP contribution in [-0.2, 0) is 9.59 Å². The second kappa shape index (κ2) is 4.70. The minimum atomic E-state index is -1.61. The highest BCUT2D eigenvalue weighted by Crippen LogP contribution is 1.96. The van der Waals surface area contributed by atoms with E-state index in [4.69, 9.17) is 10.4 Å². The summed E-state index contributed by atoms with van der Waals surface area (Å²) in [6.45, 7) is 0. The van der Waals surface area contributed by atoms with Crippen molar-refractivity contribution in [2.24, 2.45) is 0 Å². The molecule has 0 saturated heterocycles. The number of pyridine rings is 1. The van der Waals surface area contributed by atoms with E-state index in [2.05, 4.69) is 0 Å². The molecule has 0 aliphatic rings. The van der Waals surface area contributed by atoms with E-state index in [-0.39, 0.29) is 0 Å². The van der Waals surface area contributed by atoms with Gasteiger partial charge in [-0.05, 0) is 0 Å². The number of carbonyl (C=O) groups excluding carboxylic acids is 1. The molecular formula is C10H6N2O4. The average molecular weight is 218 g/mol. The summed E-state index contributed by atoms with van der Waals surface area (Å²) in [7, 11) is 0. The Labute approximate surface area is 90.3 Å². The lowest BCUT2D eigenvalue weighted by Crippen LogP contribution is -2.42. The van der Waals surface area contributed by atoms with Crippen LogP contribution in [0.3, 0.4) is 0 Å². The largest absolute Gasteiger partial charge is 0.539 e. The number of rotatable bonds is 3. The van der Waals surface area contributed by atoms with Crippen LogP contribution in [0.1, 0.15) is 5.56 Å². The van der Waals surface area contributed by atoms with E-state index in [0.717, 1.165) is 4.57 Å². The Hall–Kier alpha value is -2.68. The number of hydrogen-bond donors (Lipinski definition) is 1. The van der Waals surface area contributed by atoms with Crippen LogP contribution in [-0.4, -0.2) is 17.0 Å². The molecule has 6 nitrogen and oxygen atoms in total. The summed E-state index contributed by atoms with van der Waals surface area (Å²) >= 11 is 0. The average Bonchev–Trinajstić information content (AvgIpc) is 2.25. The van der Waals surface area contributed by atoms with E-state index in [9.17, 15) is 14.7 Å². The molecule has 1 aromatic heterocycles. The summed E-state index contributed by atoms with van der Waals surface area (Å²) in [6, 6.07) is 4.57. The van der Waals surface area contributed by atoms with Gasteiger partial charge in [-0.2, -0.15) is 9.83 Å². The first-order valence-corrected chi connectivity index (χ1v) is 4.12. The molecule has 0 saturated carbocycles. The molecule has 6 heteroatoms. The molecule has 1 heterocycles. The molecule has 16 heavy (non-hydrogen) atoms. The van der Waals surface area contributed by atoms with Gasteiger partial charge in [0.05, 0.1) is 17.7 Å². The first-order valence-electron chi connectivity index (χ1n) is 4.12. The van der Waals surface area contributed by atoms with Crippen LogP contribution in [0.2, 0.25) is 0 Å². The van der Waals surface area contributed by atoms with E-state index >= 15 is 0 Å². The monoisotopic (exact) mass is 218 g/mol. The van der Waals surface area contributed by atoms with Crippen LogP contribution in [0.25, 0.3) is 5.70 Å². The quantitative estimate of drug-likeness (QED) is 0.492. The molecule has 0 spiro atoms. The first-order chi connectivity index (χ1) is 7.54. The molecule has 0 aliphatic heterocycles. The highest BCUT2D eigenvalue weighted by atomic mass is 16.4. The fourth-order valence-electron chi connectivity index (χ4n) is 1.02. The molecule has 0 amide bonds. The third kappa shape index (κ3) is 2.65. The van der Waals surface area contributed by atoms with Crippen molar-refractivity contribution >= 4 is 17.6 Å². The van der Waals surface area contributed by atoms with E-state index < -0.39 is 17.6 Å². The van der Waals surface area contributed by atoms with Crippen LogP contribution in [0, 0.1) is 11.3 Å². The van der Waals surface area contributed by atoms with Crippen LogP contribution >= 0.6 is 0 Å². The molecule has 1 rings (SSSR count). The van der Waals surface area contributed by atoms with Crippen molar-refractivity contribution in [2.75, 3.05) is 0 Å². The maximum atomic E-state index is 10.7. The number of carboxylic acids is 2. The zero-order chi connectivity index (χ0) is 12.1. The molecule has 0 fully saturated rings. The van der Waals surface area contributed by atoms with Crippen molar-refractivity contribution in [3.05, 3.63) is 36.2 Å². The Bertz CT molecular complexity index is 497. The summed E-state index contributed by atoms with van der Waals surface area (Å²) in [6.07, 6.45) is 3.05. The Morgan fingerprint density at radius 1 is 1.44 bits per heavy atom. The van der Waals surface area contributed by atoms with Crippen molar-refractivity contribution < 1.29 is 24.4 Å². The zero-order valence-electron chi connectivity index (χ0n) is 7.95. The van der Waals surface area contributed by atoms with Crippen LogP contribution in [0.15, 0.2) is 30.6 Å². The fraction of sp³-hybridized carbons (Fsp3) is 0. The topological polar surface area (TPSA) is 105 Å². The number of aromatic nitrogens is 1. The first kappa shape index (κ1) is 11.4. The van der Waals surface area contributed by atoms with E-state index in [1.54, 1.807) is 0 Å². The number of carboxylic acid groups (broad SMARTS) is 2. The molecule has 0 aromatic carbocycles. The van der Waals surface area contributed by atoms with Gasteiger partial charge in [-0.3, -0.25) is 0 Å². The third-order valence-corrected chi connectivity index (χ3v) is 1.71. The van der Waals surface area contributed by atoms with Crippen LogP contribution in [0.5, 0.6) is 0 Å². The maximum Gasteiger partial charge on any atom is 0.335 e. The lowest BCUT2D eigenvalue weighted by molar-refractivity contribution is -0.582. The molecule has 0 aliphatic carbocycles. The Morgan fingerprint density at radius 3 is 2.38 bits per heavy atom. The maximum absolute atomic E-state index is 10.7. The lowest BCUT2D eigenvalue weighted by atomic mass is 10.3. The predicted octanol–water partition coefficient (Wildman–Crippen LogP) is -1.48. The molecular weight excluding hydrogens is 212 g/mol. The predicted molar refractivity (Wildman–Crippen MR) is 48.3 cm³/mol. The van der Waals surface area contributed by atoms with Gasteiger partial charge >= 0.3 is 5.97 Å². The Balaban J connectivity index is 3.18. The van der Waals surface area contributed by atoms with Crippen LogP contribution in [0.4, 0.5) is 0 Å². The van der Waals surface area contributed by atoms with E-state index in [1.165, 1.54) is 24.5 Å². The van der Waals surface area contributed by atoms with Gasteiger partial charge in [-0.1, -0.05) is 0 Å². The second-order valence-electron chi connectivity index (χ2n) is 2.76. The molecule has 80 valence electrons. The molecule has 0 unspecified atom stereocenters. The van der Waals surface area contributed by atoms with E-state index in [1.807, 2.05) is 6.07 Å². The fourth-order valence-corrected chi connectivity index (χ4v) is 1.02. The van der Waals surface area contributed by atoms with Gasteiger partial charge in [0.2, 0.25) is 5.70 Å². The van der Waals surface area contributed by atoms with Gasteiger partial charge in [0.25, 0.3) is 0 Å². The Kier molecular flexibility index (Phi) is 3.35. The van der Waals surface area contributed by atoms with Gasteiger partial charge in [0.15, 0.2) is 12.4 Å². The molecule has 0 bridgehead atoms. The lowest BCUT2D eigenvalue weighted by Gasteiger charge is -2.00. The number of aliphatic carboxylic acids is 2. The number of hydrogen-bond acceptors (Lipinski definition) is 4. The molecule has 0 atom stereocenters. The van der Waals surface area contributed by atoms with Gasteiger partial charge in [-0.15, -0.1) is 0 Å². The Morgan fingerprint density at radius 2 is 2.00 bits per heavy atom.